The number of aromatic hydroxyl groups is 1. The third-order valence-electron chi connectivity index (χ3n) is 5.06. The van der Waals surface area contributed by atoms with Crippen molar-refractivity contribution in [3.63, 3.8) is 0 Å². The summed E-state index contributed by atoms with van der Waals surface area (Å²) in [6.07, 6.45) is 4.79. The lowest BCUT2D eigenvalue weighted by atomic mass is 10.1. The van der Waals surface area contributed by atoms with E-state index in [4.69, 9.17) is 14.6 Å². The quantitative estimate of drug-likeness (QED) is 0.445. The van der Waals surface area contributed by atoms with E-state index in [1.165, 1.54) is 30.6 Å². The number of benzene rings is 1. The number of para-hydroxylation sites is 1. The Morgan fingerprint density at radius 1 is 1.24 bits per heavy atom. The summed E-state index contributed by atoms with van der Waals surface area (Å²) in [4.78, 5) is 26.4. The largest absolute Gasteiger partial charge is 0.504 e. The van der Waals surface area contributed by atoms with Gasteiger partial charge in [0.15, 0.2) is 11.3 Å². The molecule has 2 aromatic heterocycles. The molecule has 0 fully saturated rings. The van der Waals surface area contributed by atoms with Crippen LogP contribution in [0.2, 0.25) is 0 Å². The van der Waals surface area contributed by atoms with Gasteiger partial charge in [-0.3, -0.25) is 10.2 Å². The van der Waals surface area contributed by atoms with Crippen molar-refractivity contribution >= 4 is 39.2 Å². The molecule has 0 unspecified atom stereocenters. The summed E-state index contributed by atoms with van der Waals surface area (Å²) >= 11 is 1.39. The highest BCUT2D eigenvalue weighted by atomic mass is 32.1. The second-order valence-corrected chi connectivity index (χ2v) is 8.00. The Morgan fingerprint density at radius 3 is 2.83 bits per heavy atom. The SMILES string of the molecule is COC(=O)c1c(NC(=O)c2cc3cccc(O)c3oc2=N)sc2c1CCCCC2. The lowest BCUT2D eigenvalue weighted by Gasteiger charge is -2.08. The van der Waals surface area contributed by atoms with Crippen molar-refractivity contribution in [1.29, 1.82) is 5.41 Å². The molecular weight excluding hydrogens is 392 g/mol. The molecule has 4 rings (SSSR count). The fourth-order valence-electron chi connectivity index (χ4n) is 3.63. The van der Waals surface area contributed by atoms with Gasteiger partial charge in [-0.05, 0) is 43.4 Å². The highest BCUT2D eigenvalue weighted by molar-refractivity contribution is 7.17. The minimum absolute atomic E-state index is 0.0162. The van der Waals surface area contributed by atoms with Gasteiger partial charge >= 0.3 is 5.97 Å². The Hall–Kier alpha value is -3.13. The maximum Gasteiger partial charge on any atom is 0.341 e. The number of rotatable bonds is 3. The van der Waals surface area contributed by atoms with Crippen LogP contribution in [0.25, 0.3) is 11.0 Å². The van der Waals surface area contributed by atoms with Gasteiger partial charge in [0.2, 0.25) is 5.55 Å². The van der Waals surface area contributed by atoms with Crippen molar-refractivity contribution in [2.75, 3.05) is 12.4 Å². The van der Waals surface area contributed by atoms with Gasteiger partial charge in [-0.15, -0.1) is 11.3 Å². The highest BCUT2D eigenvalue weighted by Gasteiger charge is 2.27. The summed E-state index contributed by atoms with van der Waals surface area (Å²) in [6, 6.07) is 6.26. The van der Waals surface area contributed by atoms with Crippen LogP contribution in [0, 0.1) is 5.41 Å². The number of nitrogens with one attached hydrogen (secondary N) is 2. The zero-order valence-corrected chi connectivity index (χ0v) is 16.6. The summed E-state index contributed by atoms with van der Waals surface area (Å²) < 4.78 is 10.3. The summed E-state index contributed by atoms with van der Waals surface area (Å²) in [5, 5.41) is 21.6. The van der Waals surface area contributed by atoms with Crippen molar-refractivity contribution in [1.82, 2.24) is 0 Å². The van der Waals surface area contributed by atoms with Crippen LogP contribution >= 0.6 is 11.3 Å². The number of hydrogen-bond donors (Lipinski definition) is 3. The van der Waals surface area contributed by atoms with Crippen molar-refractivity contribution in [2.45, 2.75) is 32.1 Å². The molecule has 1 amide bonds. The Labute approximate surface area is 170 Å². The fourth-order valence-corrected chi connectivity index (χ4v) is 4.91. The summed E-state index contributed by atoms with van der Waals surface area (Å²) in [6.45, 7) is 0. The van der Waals surface area contributed by atoms with Crippen LogP contribution in [0.4, 0.5) is 5.00 Å². The zero-order valence-electron chi connectivity index (χ0n) is 15.8. The first kappa shape index (κ1) is 19.2. The van der Waals surface area contributed by atoms with Gasteiger partial charge in [-0.1, -0.05) is 18.6 Å². The minimum Gasteiger partial charge on any atom is -0.504 e. The molecule has 7 nitrogen and oxygen atoms in total. The third kappa shape index (κ3) is 3.51. The van der Waals surface area contributed by atoms with Crippen LogP contribution in [0.5, 0.6) is 5.75 Å². The number of esters is 1. The molecule has 0 atom stereocenters. The van der Waals surface area contributed by atoms with Crippen LogP contribution in [0.1, 0.15) is 50.4 Å². The topological polar surface area (TPSA) is 113 Å². The maximum atomic E-state index is 12.9. The van der Waals surface area contributed by atoms with Gasteiger partial charge < -0.3 is 19.6 Å². The first-order valence-corrected chi connectivity index (χ1v) is 10.2. The average molecular weight is 412 g/mol. The number of fused-ring (bicyclic) bond motifs is 2. The number of phenols is 1. The number of aryl methyl sites for hydroxylation is 1. The van der Waals surface area contributed by atoms with Crippen molar-refractivity contribution < 1.29 is 23.8 Å². The smallest absolute Gasteiger partial charge is 0.341 e. The van der Waals surface area contributed by atoms with E-state index in [9.17, 15) is 14.7 Å². The minimum atomic E-state index is -0.550. The monoisotopic (exact) mass is 412 g/mol. The number of hydrogen-bond acceptors (Lipinski definition) is 7. The van der Waals surface area contributed by atoms with E-state index in [-0.39, 0.29) is 22.5 Å². The molecule has 1 aliphatic carbocycles. The summed E-state index contributed by atoms with van der Waals surface area (Å²) in [7, 11) is 1.32. The number of phenolic OH excluding ortho intramolecular Hbond substituents is 1. The number of carbonyl (C=O) groups is 2. The first-order chi connectivity index (χ1) is 14.0. The average Bonchev–Trinajstić information content (AvgIpc) is 2.88. The Balaban J connectivity index is 1.74. The predicted octanol–water partition coefficient (Wildman–Crippen LogP) is 3.99. The molecule has 1 aromatic carbocycles. The number of anilines is 1. The van der Waals surface area contributed by atoms with E-state index in [0.29, 0.717) is 16.0 Å². The van der Waals surface area contributed by atoms with E-state index in [0.717, 1.165) is 42.5 Å². The van der Waals surface area contributed by atoms with Crippen molar-refractivity contribution in [3.05, 3.63) is 51.4 Å². The molecule has 3 N–H and O–H groups in total. The Morgan fingerprint density at radius 2 is 2.03 bits per heavy atom. The number of methoxy groups -OCH3 is 1. The maximum absolute atomic E-state index is 12.9. The van der Waals surface area contributed by atoms with Crippen molar-refractivity contribution in [3.8, 4) is 5.75 Å². The van der Waals surface area contributed by atoms with Crippen LogP contribution in [0.15, 0.2) is 28.7 Å². The second kappa shape index (κ2) is 7.71. The molecule has 0 saturated carbocycles. The molecular formula is C21H20N2O5S. The fraction of sp³-hybridized carbons (Fsp3) is 0.286. The van der Waals surface area contributed by atoms with Crippen LogP contribution in [-0.4, -0.2) is 24.1 Å². The zero-order chi connectivity index (χ0) is 20.5. The van der Waals surface area contributed by atoms with Gasteiger partial charge in [0, 0.05) is 10.3 Å². The number of ether oxygens (including phenoxy) is 1. The van der Waals surface area contributed by atoms with Gasteiger partial charge in [-0.2, -0.15) is 0 Å². The first-order valence-electron chi connectivity index (χ1n) is 9.34. The van der Waals surface area contributed by atoms with Crippen LogP contribution in [0.3, 0.4) is 0 Å². The molecule has 1 aliphatic rings. The highest BCUT2D eigenvalue weighted by Crippen LogP contribution is 2.38. The number of amides is 1. The Kier molecular flexibility index (Phi) is 5.10. The van der Waals surface area contributed by atoms with Crippen molar-refractivity contribution in [2.24, 2.45) is 0 Å². The summed E-state index contributed by atoms with van der Waals surface area (Å²) in [5.41, 5.74) is 1.16. The van der Waals surface area contributed by atoms with E-state index in [1.807, 2.05) is 0 Å². The molecule has 150 valence electrons. The van der Waals surface area contributed by atoms with E-state index >= 15 is 0 Å². The lowest BCUT2D eigenvalue weighted by Crippen LogP contribution is -2.21. The molecule has 2 heterocycles. The van der Waals surface area contributed by atoms with E-state index < -0.39 is 11.9 Å². The number of thiophene rings is 1. The standard InChI is InChI=1S/C21H20N2O5S/c1-27-21(26)16-12-7-3-2-4-9-15(12)29-20(16)23-19(25)13-10-11-6-5-8-14(24)17(11)28-18(13)22/h5-6,8,10,22,24H,2-4,7,9H2,1H3,(H,23,25). The molecule has 0 spiro atoms. The number of carbonyl (C=O) groups excluding carboxylic acids is 2. The molecule has 0 saturated heterocycles. The molecule has 29 heavy (non-hydrogen) atoms. The van der Waals surface area contributed by atoms with Gasteiger partial charge in [-0.25, -0.2) is 4.79 Å². The van der Waals surface area contributed by atoms with E-state index in [1.54, 1.807) is 12.1 Å². The van der Waals surface area contributed by atoms with Gasteiger partial charge in [0.25, 0.3) is 5.91 Å². The summed E-state index contributed by atoms with van der Waals surface area (Å²) in [5.74, 6) is -1.12. The Bertz CT molecular complexity index is 1180. The van der Waals surface area contributed by atoms with E-state index in [2.05, 4.69) is 5.32 Å². The van der Waals surface area contributed by atoms with Gasteiger partial charge in [0.05, 0.1) is 12.7 Å². The van der Waals surface area contributed by atoms with Gasteiger partial charge in [0.1, 0.15) is 10.6 Å². The molecule has 8 heteroatoms. The van der Waals surface area contributed by atoms with Crippen LogP contribution in [-0.2, 0) is 17.6 Å². The normalized spacial score (nSPS) is 13.6. The molecule has 0 bridgehead atoms. The molecule has 3 aromatic rings. The van der Waals surface area contributed by atoms with Crippen LogP contribution < -0.4 is 10.9 Å². The third-order valence-corrected chi connectivity index (χ3v) is 6.26. The molecule has 0 radical (unpaired) electrons. The molecule has 0 aliphatic heterocycles. The predicted molar refractivity (Wildman–Crippen MR) is 109 cm³/mol. The lowest BCUT2D eigenvalue weighted by molar-refractivity contribution is 0.0601. The second-order valence-electron chi connectivity index (χ2n) is 6.90.